The van der Waals surface area contributed by atoms with Gasteiger partial charge in [0.2, 0.25) is 0 Å². The topological polar surface area (TPSA) is 35.5 Å². The van der Waals surface area contributed by atoms with E-state index < -0.39 is 0 Å². The summed E-state index contributed by atoms with van der Waals surface area (Å²) in [5, 5.41) is 0. The Bertz CT molecular complexity index is 228. The van der Waals surface area contributed by atoms with Crippen LogP contribution in [0.5, 0.6) is 0 Å². The van der Waals surface area contributed by atoms with Crippen molar-refractivity contribution in [1.29, 1.82) is 0 Å². The zero-order valence-electron chi connectivity index (χ0n) is 9.38. The predicted molar refractivity (Wildman–Crippen MR) is 55.9 cm³/mol. The van der Waals surface area contributed by atoms with Crippen LogP contribution in [0, 0.1) is 5.41 Å². The van der Waals surface area contributed by atoms with Crippen LogP contribution in [0.4, 0.5) is 0 Å². The summed E-state index contributed by atoms with van der Waals surface area (Å²) in [6, 6.07) is 0. The Balaban J connectivity index is 4.69. The molecule has 0 amide bonds. The molecule has 0 saturated carbocycles. The molecule has 3 radical (unpaired) electrons. The molecule has 0 aliphatic carbocycles. The van der Waals surface area contributed by atoms with Crippen molar-refractivity contribution in [1.82, 2.24) is 0 Å². The normalized spacial score (nSPS) is 15.1. The molecule has 0 aromatic heterocycles. The standard InChI is InChI=1S/C10H18O3.Pb/c1-7(13-5)8(11)6-9(12)10(2,3)4;/h6-7,11H,1-5H3;/q;+1/p-1. The summed E-state index contributed by atoms with van der Waals surface area (Å²) in [6.07, 6.45) is 1.39. The Morgan fingerprint density at radius 3 is 2.21 bits per heavy atom. The number of hydrogen-bond acceptors (Lipinski definition) is 3. The number of ether oxygens (including phenoxy) is 1. The first-order valence-electron chi connectivity index (χ1n) is 4.45. The summed E-state index contributed by atoms with van der Waals surface area (Å²) in [4.78, 5) is 11.7. The number of methoxy groups -OCH3 is 1. The van der Waals surface area contributed by atoms with Crippen LogP contribution in [-0.2, 0) is 12.2 Å². The number of carbonyl (C=O) groups excluding carboxylic acids is 1. The van der Waals surface area contributed by atoms with Gasteiger partial charge in [0.25, 0.3) is 0 Å². The molecule has 3 nitrogen and oxygen atoms in total. The van der Waals surface area contributed by atoms with Crippen molar-refractivity contribution in [3.05, 3.63) is 11.8 Å². The van der Waals surface area contributed by atoms with Gasteiger partial charge in [0, 0.05) is 0 Å². The summed E-state index contributed by atoms with van der Waals surface area (Å²) in [5.74, 6) is 0.686. The van der Waals surface area contributed by atoms with Crippen molar-refractivity contribution >= 4 is 32.0 Å². The minimum absolute atomic E-state index is 0.0623. The zero-order chi connectivity index (χ0) is 11.4. The van der Waals surface area contributed by atoms with Crippen LogP contribution >= 0.6 is 0 Å². The Morgan fingerprint density at radius 1 is 1.43 bits per heavy atom. The maximum absolute atomic E-state index is 11.7. The molecule has 0 aromatic rings. The van der Waals surface area contributed by atoms with Gasteiger partial charge in [-0.1, -0.05) is 0 Å². The minimum atomic E-state index is -0.362. The monoisotopic (exact) mass is 393 g/mol. The van der Waals surface area contributed by atoms with Gasteiger partial charge in [-0.15, -0.1) is 0 Å². The van der Waals surface area contributed by atoms with Gasteiger partial charge in [0.15, 0.2) is 0 Å². The van der Waals surface area contributed by atoms with Crippen LogP contribution in [0.2, 0.25) is 0 Å². The van der Waals surface area contributed by atoms with Gasteiger partial charge in [-0.05, 0) is 0 Å². The maximum atomic E-state index is 11.7. The van der Waals surface area contributed by atoms with Crippen molar-refractivity contribution in [3.8, 4) is 0 Å². The molecular weight excluding hydrogens is 375 g/mol. The molecule has 14 heavy (non-hydrogen) atoms. The quantitative estimate of drug-likeness (QED) is 0.414. The van der Waals surface area contributed by atoms with E-state index in [1.165, 1.54) is 0 Å². The first kappa shape index (κ1) is 14.1. The Morgan fingerprint density at radius 2 is 1.93 bits per heavy atom. The number of hydrogen-bond donors (Lipinski definition) is 0. The van der Waals surface area contributed by atoms with Gasteiger partial charge in [0.1, 0.15) is 0 Å². The molecule has 0 spiro atoms. The second kappa shape index (κ2) is 5.85. The van der Waals surface area contributed by atoms with E-state index in [0.29, 0.717) is 32.0 Å². The SMILES string of the molecule is COC(C)C(=CC(=O)C(C)(C)C)[O][Pb]. The Kier molecular flexibility index (Phi) is 5.89. The molecular formula is C10H17O3Pb. The summed E-state index contributed by atoms with van der Waals surface area (Å²) in [6.45, 7) is 7.51. The van der Waals surface area contributed by atoms with Gasteiger partial charge in [-0.2, -0.15) is 0 Å². The predicted octanol–water partition coefficient (Wildman–Crippen LogP) is 1.62. The Labute approximate surface area is 102 Å². The molecule has 1 unspecified atom stereocenters. The van der Waals surface area contributed by atoms with Gasteiger partial charge in [-0.25, -0.2) is 0 Å². The fraction of sp³-hybridized carbons (Fsp3) is 0.700. The number of carbonyl (C=O) groups is 1. The summed E-state index contributed by atoms with van der Waals surface area (Å²) < 4.78 is 10.3. The first-order valence-corrected chi connectivity index (χ1v) is 6.04. The second-order valence-corrected chi connectivity index (χ2v) is 4.93. The van der Waals surface area contributed by atoms with E-state index >= 15 is 0 Å². The summed E-state index contributed by atoms with van der Waals surface area (Å²) >= 11 is 0.566. The molecule has 0 aliphatic heterocycles. The molecule has 0 fully saturated rings. The molecule has 0 bridgehead atoms. The fourth-order valence-electron chi connectivity index (χ4n) is 0.692. The van der Waals surface area contributed by atoms with Crippen molar-refractivity contribution in [2.75, 3.05) is 7.11 Å². The number of ketones is 1. The average Bonchev–Trinajstić information content (AvgIpc) is 2.10. The Hall–Kier alpha value is 0.0921. The molecule has 0 aromatic carbocycles. The van der Waals surface area contributed by atoms with E-state index in [2.05, 4.69) is 0 Å². The molecule has 0 saturated heterocycles. The van der Waals surface area contributed by atoms with Crippen LogP contribution in [0.3, 0.4) is 0 Å². The molecule has 0 aliphatic rings. The van der Waals surface area contributed by atoms with Crippen LogP contribution in [0.1, 0.15) is 27.7 Å². The van der Waals surface area contributed by atoms with Crippen LogP contribution in [-0.4, -0.2) is 45.2 Å². The third kappa shape index (κ3) is 4.55. The molecule has 0 heterocycles. The van der Waals surface area contributed by atoms with Crippen LogP contribution in [0.25, 0.3) is 0 Å². The van der Waals surface area contributed by atoms with Crippen molar-refractivity contribution in [2.45, 2.75) is 33.8 Å². The summed E-state index contributed by atoms with van der Waals surface area (Å²) in [5.41, 5.74) is -0.362. The fourth-order valence-corrected chi connectivity index (χ4v) is 1.57. The molecule has 79 valence electrons. The zero-order valence-corrected chi connectivity index (χ0v) is 13.3. The molecule has 1 atom stereocenters. The van der Waals surface area contributed by atoms with Gasteiger partial charge in [0.05, 0.1) is 0 Å². The molecule has 0 rings (SSSR count). The third-order valence-electron chi connectivity index (χ3n) is 1.88. The van der Waals surface area contributed by atoms with E-state index in [0.717, 1.165) is 0 Å². The van der Waals surface area contributed by atoms with Crippen molar-refractivity contribution < 1.29 is 12.2 Å². The summed E-state index contributed by atoms with van der Waals surface area (Å²) in [7, 11) is 1.60. The van der Waals surface area contributed by atoms with E-state index in [4.69, 9.17) is 7.42 Å². The van der Waals surface area contributed by atoms with Crippen LogP contribution in [0.15, 0.2) is 11.8 Å². The van der Waals surface area contributed by atoms with Gasteiger partial charge >= 0.3 is 102 Å². The van der Waals surface area contributed by atoms with E-state index in [-0.39, 0.29) is 17.3 Å². The average molecular weight is 392 g/mol. The molecule has 0 N–H and O–H groups in total. The van der Waals surface area contributed by atoms with Crippen LogP contribution < -0.4 is 0 Å². The number of rotatable bonds is 4. The first-order chi connectivity index (χ1) is 6.32. The van der Waals surface area contributed by atoms with E-state index in [1.807, 2.05) is 27.7 Å². The second-order valence-electron chi connectivity index (χ2n) is 4.14. The van der Waals surface area contributed by atoms with Crippen molar-refractivity contribution in [2.24, 2.45) is 5.41 Å². The number of allylic oxidation sites excluding steroid dienone is 1. The molecule has 4 heteroatoms. The van der Waals surface area contributed by atoms with Gasteiger partial charge < -0.3 is 0 Å². The van der Waals surface area contributed by atoms with Gasteiger partial charge in [-0.3, -0.25) is 0 Å². The third-order valence-corrected chi connectivity index (χ3v) is 2.80. The van der Waals surface area contributed by atoms with Crippen molar-refractivity contribution in [3.63, 3.8) is 0 Å². The van der Waals surface area contributed by atoms with E-state index in [9.17, 15) is 4.79 Å². The van der Waals surface area contributed by atoms with E-state index in [1.54, 1.807) is 13.2 Å².